The summed E-state index contributed by atoms with van der Waals surface area (Å²) in [5, 5.41) is 14.2. The zero-order valence-electron chi connectivity index (χ0n) is 10.9. The summed E-state index contributed by atoms with van der Waals surface area (Å²) in [6.45, 7) is 2.04. The number of likely N-dealkylation sites (tertiary alicyclic amines) is 1. The molecule has 1 aliphatic rings. The minimum atomic E-state index is -0.418. The minimum Gasteiger partial charge on any atom is -0.381 e. The summed E-state index contributed by atoms with van der Waals surface area (Å²) in [5.74, 6) is 5.33. The first-order valence-corrected chi connectivity index (χ1v) is 6.29. The predicted molar refractivity (Wildman–Crippen MR) is 75.0 cm³/mol. The zero-order chi connectivity index (χ0) is 13.8. The Morgan fingerprint density at radius 3 is 2.79 bits per heavy atom. The van der Waals surface area contributed by atoms with Gasteiger partial charge in [-0.2, -0.15) is 0 Å². The average molecular weight is 265 g/mol. The molecule has 1 atom stereocenters. The van der Waals surface area contributed by atoms with Gasteiger partial charge in [-0.3, -0.25) is 16.0 Å². The van der Waals surface area contributed by atoms with E-state index in [4.69, 9.17) is 5.84 Å². The molecule has 1 unspecified atom stereocenters. The molecule has 1 saturated heterocycles. The number of hydrazine groups is 1. The Morgan fingerprint density at radius 1 is 1.42 bits per heavy atom. The molecule has 1 aromatic rings. The Bertz CT molecular complexity index is 465. The largest absolute Gasteiger partial charge is 0.381 e. The number of nitrogens with two attached hydrogens (primary N) is 1. The molecule has 1 fully saturated rings. The molecule has 0 amide bonds. The zero-order valence-corrected chi connectivity index (χ0v) is 10.9. The van der Waals surface area contributed by atoms with Gasteiger partial charge in [-0.1, -0.05) is 0 Å². The summed E-state index contributed by atoms with van der Waals surface area (Å²) in [6.07, 6.45) is 2.20. The fourth-order valence-corrected chi connectivity index (χ4v) is 2.40. The highest BCUT2D eigenvalue weighted by atomic mass is 16.6. The van der Waals surface area contributed by atoms with Crippen LogP contribution in [0.4, 0.5) is 17.1 Å². The Morgan fingerprint density at radius 2 is 2.16 bits per heavy atom. The van der Waals surface area contributed by atoms with Gasteiger partial charge in [0.2, 0.25) is 0 Å². The van der Waals surface area contributed by atoms with Gasteiger partial charge in [0, 0.05) is 30.4 Å². The Kier molecular flexibility index (Phi) is 4.18. The summed E-state index contributed by atoms with van der Waals surface area (Å²) in [7, 11) is 2.08. The highest BCUT2D eigenvalue weighted by Crippen LogP contribution is 2.25. The fraction of sp³-hybridized carbons (Fsp3) is 0.500. The van der Waals surface area contributed by atoms with E-state index in [2.05, 4.69) is 22.7 Å². The van der Waals surface area contributed by atoms with E-state index in [9.17, 15) is 10.1 Å². The molecule has 104 valence electrons. The van der Waals surface area contributed by atoms with Crippen molar-refractivity contribution in [3.8, 4) is 0 Å². The Hall–Kier alpha value is -1.86. The molecular formula is C12H19N5O2. The van der Waals surface area contributed by atoms with Crippen LogP contribution >= 0.6 is 0 Å². The Labute approximate surface area is 111 Å². The van der Waals surface area contributed by atoms with Gasteiger partial charge in [0.25, 0.3) is 5.69 Å². The standard InChI is InChI=1S/C12H19N5O2/c1-16-4-2-3-9(8-16)14-10-5-11(15-13)7-12(6-10)17(18)19/h5-7,9,14-15H,2-4,8,13H2,1H3. The van der Waals surface area contributed by atoms with E-state index < -0.39 is 4.92 Å². The number of non-ortho nitro benzene ring substituents is 1. The van der Waals surface area contributed by atoms with Crippen molar-refractivity contribution >= 4 is 17.1 Å². The van der Waals surface area contributed by atoms with Crippen LogP contribution in [-0.2, 0) is 0 Å². The third-order valence-electron chi connectivity index (χ3n) is 3.29. The smallest absolute Gasteiger partial charge is 0.273 e. The van der Waals surface area contributed by atoms with Gasteiger partial charge < -0.3 is 15.6 Å². The van der Waals surface area contributed by atoms with Gasteiger partial charge in [0.1, 0.15) is 0 Å². The maximum atomic E-state index is 10.9. The third-order valence-corrected chi connectivity index (χ3v) is 3.29. The molecule has 1 heterocycles. The molecule has 1 aromatic carbocycles. The van der Waals surface area contributed by atoms with Crippen LogP contribution in [0.2, 0.25) is 0 Å². The second kappa shape index (κ2) is 5.85. The highest BCUT2D eigenvalue weighted by Gasteiger charge is 2.18. The summed E-state index contributed by atoms with van der Waals surface area (Å²) in [6, 6.07) is 5.04. The molecule has 4 N–H and O–H groups in total. The fourth-order valence-electron chi connectivity index (χ4n) is 2.40. The number of likely N-dealkylation sites (N-methyl/N-ethyl adjacent to an activating group) is 1. The first kappa shape index (κ1) is 13.6. The van der Waals surface area contributed by atoms with E-state index in [-0.39, 0.29) is 5.69 Å². The van der Waals surface area contributed by atoms with Crippen LogP contribution in [0.3, 0.4) is 0 Å². The van der Waals surface area contributed by atoms with E-state index in [1.54, 1.807) is 6.07 Å². The van der Waals surface area contributed by atoms with Crippen molar-refractivity contribution < 1.29 is 4.92 Å². The van der Waals surface area contributed by atoms with E-state index in [1.807, 2.05) is 0 Å². The molecule has 0 radical (unpaired) electrons. The summed E-state index contributed by atoms with van der Waals surface area (Å²) >= 11 is 0. The van der Waals surface area contributed by atoms with Gasteiger partial charge in [-0.15, -0.1) is 0 Å². The maximum Gasteiger partial charge on any atom is 0.273 e. The monoisotopic (exact) mass is 265 g/mol. The molecule has 0 saturated carbocycles. The van der Waals surface area contributed by atoms with Crippen molar-refractivity contribution in [2.75, 3.05) is 30.9 Å². The number of benzene rings is 1. The molecule has 0 aromatic heterocycles. The average Bonchev–Trinajstić information content (AvgIpc) is 2.38. The first-order valence-electron chi connectivity index (χ1n) is 6.29. The molecule has 2 rings (SSSR count). The summed E-state index contributed by atoms with van der Waals surface area (Å²) < 4.78 is 0. The highest BCUT2D eigenvalue weighted by molar-refractivity contribution is 5.63. The number of hydrogen-bond acceptors (Lipinski definition) is 6. The van der Waals surface area contributed by atoms with Crippen molar-refractivity contribution in [1.29, 1.82) is 0 Å². The number of piperidine rings is 1. The number of nitrogens with zero attached hydrogens (tertiary/aromatic N) is 2. The summed E-state index contributed by atoms with van der Waals surface area (Å²) in [5.41, 5.74) is 3.74. The SMILES string of the molecule is CN1CCCC(Nc2cc(NN)cc([N+](=O)[O-])c2)C1. The van der Waals surface area contributed by atoms with Crippen molar-refractivity contribution in [2.45, 2.75) is 18.9 Å². The van der Waals surface area contributed by atoms with E-state index in [0.29, 0.717) is 11.7 Å². The van der Waals surface area contributed by atoms with Gasteiger partial charge in [0.05, 0.1) is 10.6 Å². The van der Waals surface area contributed by atoms with Gasteiger partial charge >= 0.3 is 0 Å². The second-order valence-electron chi connectivity index (χ2n) is 4.92. The second-order valence-corrected chi connectivity index (χ2v) is 4.92. The van der Waals surface area contributed by atoms with E-state index in [0.717, 1.165) is 31.6 Å². The lowest BCUT2D eigenvalue weighted by Gasteiger charge is -2.30. The number of nitrogen functional groups attached to an aromatic ring is 1. The number of hydrogen-bond donors (Lipinski definition) is 3. The predicted octanol–water partition coefficient (Wildman–Crippen LogP) is 1.39. The van der Waals surface area contributed by atoms with Crippen LogP contribution in [0.25, 0.3) is 0 Å². The lowest BCUT2D eigenvalue weighted by Crippen LogP contribution is -2.39. The van der Waals surface area contributed by atoms with Crippen LogP contribution in [0.5, 0.6) is 0 Å². The topological polar surface area (TPSA) is 96.5 Å². The van der Waals surface area contributed by atoms with Crippen LogP contribution < -0.4 is 16.6 Å². The number of anilines is 2. The lowest BCUT2D eigenvalue weighted by atomic mass is 10.1. The molecule has 7 heteroatoms. The van der Waals surface area contributed by atoms with Crippen LogP contribution in [-0.4, -0.2) is 36.0 Å². The van der Waals surface area contributed by atoms with Gasteiger partial charge in [-0.05, 0) is 32.5 Å². The molecule has 0 aliphatic carbocycles. The quantitative estimate of drug-likeness (QED) is 0.432. The molecule has 1 aliphatic heterocycles. The molecule has 7 nitrogen and oxygen atoms in total. The molecule has 19 heavy (non-hydrogen) atoms. The lowest BCUT2D eigenvalue weighted by molar-refractivity contribution is -0.384. The van der Waals surface area contributed by atoms with E-state index >= 15 is 0 Å². The maximum absolute atomic E-state index is 10.9. The van der Waals surface area contributed by atoms with Crippen molar-refractivity contribution in [2.24, 2.45) is 5.84 Å². The van der Waals surface area contributed by atoms with Gasteiger partial charge in [-0.25, -0.2) is 0 Å². The van der Waals surface area contributed by atoms with Gasteiger partial charge in [0.15, 0.2) is 0 Å². The molecular weight excluding hydrogens is 246 g/mol. The number of nitro groups is 1. The molecule has 0 bridgehead atoms. The molecule has 0 spiro atoms. The summed E-state index contributed by atoms with van der Waals surface area (Å²) in [4.78, 5) is 12.7. The van der Waals surface area contributed by atoms with Crippen LogP contribution in [0, 0.1) is 10.1 Å². The third kappa shape index (κ3) is 3.55. The Balaban J connectivity index is 2.14. The van der Waals surface area contributed by atoms with Crippen molar-refractivity contribution in [3.63, 3.8) is 0 Å². The first-order chi connectivity index (χ1) is 9.08. The number of rotatable bonds is 4. The number of nitrogens with one attached hydrogen (secondary N) is 2. The van der Waals surface area contributed by atoms with Crippen molar-refractivity contribution in [3.05, 3.63) is 28.3 Å². The van der Waals surface area contributed by atoms with Crippen molar-refractivity contribution in [1.82, 2.24) is 4.90 Å². The number of nitro benzene ring substituents is 1. The van der Waals surface area contributed by atoms with Crippen LogP contribution in [0.15, 0.2) is 18.2 Å². The normalized spacial score (nSPS) is 20.0. The minimum absolute atomic E-state index is 0.0297. The van der Waals surface area contributed by atoms with Crippen LogP contribution in [0.1, 0.15) is 12.8 Å². The van der Waals surface area contributed by atoms with E-state index in [1.165, 1.54) is 12.1 Å².